The second-order valence-corrected chi connectivity index (χ2v) is 12.2. The van der Waals surface area contributed by atoms with E-state index >= 15 is 0 Å². The summed E-state index contributed by atoms with van der Waals surface area (Å²) in [5.41, 5.74) is 0.323. The van der Waals surface area contributed by atoms with Crippen molar-refractivity contribution in [2.45, 2.75) is 11.0 Å². The van der Waals surface area contributed by atoms with Gasteiger partial charge in [0.2, 0.25) is 20.0 Å². The Hall–Kier alpha value is -2.58. The lowest BCUT2D eigenvalue weighted by Gasteiger charge is -2.34. The van der Waals surface area contributed by atoms with Crippen LogP contribution in [0.2, 0.25) is 5.02 Å². The minimum absolute atomic E-state index is 0.0298. The van der Waals surface area contributed by atoms with E-state index in [-0.39, 0.29) is 47.4 Å². The lowest BCUT2D eigenvalue weighted by molar-refractivity contribution is -0.122. The summed E-state index contributed by atoms with van der Waals surface area (Å²) < 4.78 is 69.5. The number of hydrogen-bond acceptors (Lipinski definition) is 8. The number of anilines is 2. The summed E-state index contributed by atoms with van der Waals surface area (Å²) >= 11 is 6.01. The number of morpholine rings is 1. The molecule has 0 saturated carbocycles. The number of hydrogen-bond donors (Lipinski definition) is 1. The summed E-state index contributed by atoms with van der Waals surface area (Å²) in [6.45, 7) is 0.725. The maximum atomic E-state index is 13.1. The number of rotatable bonds is 6. The van der Waals surface area contributed by atoms with Gasteiger partial charge in [-0.1, -0.05) is 11.6 Å². The number of nitrogens with zero attached hydrogens (tertiary/aromatic N) is 2. The molecule has 1 amide bonds. The fourth-order valence-electron chi connectivity index (χ4n) is 3.77. The van der Waals surface area contributed by atoms with Gasteiger partial charge in [0, 0.05) is 18.1 Å². The van der Waals surface area contributed by atoms with Gasteiger partial charge in [0.15, 0.2) is 6.10 Å². The monoisotopic (exact) mass is 545 g/mol. The number of carbonyl (C=O) groups excluding carboxylic acids is 1. The molecule has 14 heteroatoms. The molecule has 0 spiro atoms. The largest absolute Gasteiger partial charge is 0.495 e. The van der Waals surface area contributed by atoms with Gasteiger partial charge in [-0.25, -0.2) is 16.8 Å². The quantitative estimate of drug-likeness (QED) is 0.578. The molecule has 2 aliphatic heterocycles. The summed E-state index contributed by atoms with van der Waals surface area (Å²) in [4.78, 5) is 13.1. The molecule has 2 aromatic rings. The Balaban J connectivity index is 1.62. The van der Waals surface area contributed by atoms with Crippen LogP contribution >= 0.6 is 11.6 Å². The van der Waals surface area contributed by atoms with Crippen molar-refractivity contribution in [3.8, 4) is 11.5 Å². The van der Waals surface area contributed by atoms with Gasteiger partial charge in [0.05, 0.1) is 49.4 Å². The second-order valence-electron chi connectivity index (χ2n) is 7.88. The molecule has 1 N–H and O–H groups in total. The molecule has 11 nitrogen and oxygen atoms in total. The van der Waals surface area contributed by atoms with Gasteiger partial charge in [-0.05, 0) is 36.4 Å². The molecular weight excluding hydrogens is 522 g/mol. The molecule has 0 bridgehead atoms. The first-order chi connectivity index (χ1) is 16.5. The van der Waals surface area contributed by atoms with Gasteiger partial charge < -0.3 is 19.5 Å². The van der Waals surface area contributed by atoms with Crippen molar-refractivity contribution < 1.29 is 35.8 Å². The van der Waals surface area contributed by atoms with Crippen molar-refractivity contribution in [1.29, 1.82) is 0 Å². The maximum Gasteiger partial charge on any atom is 0.267 e. The van der Waals surface area contributed by atoms with E-state index in [0.717, 1.165) is 10.6 Å². The second kappa shape index (κ2) is 9.82. The average molecular weight is 546 g/mol. The maximum absolute atomic E-state index is 13.1. The van der Waals surface area contributed by atoms with Crippen LogP contribution in [0.25, 0.3) is 0 Å². The number of methoxy groups -OCH3 is 1. The third-order valence-corrected chi connectivity index (χ3v) is 8.80. The number of halogens is 1. The van der Waals surface area contributed by atoms with E-state index in [4.69, 9.17) is 25.8 Å². The minimum Gasteiger partial charge on any atom is -0.495 e. The minimum atomic E-state index is -3.83. The number of ether oxygens (including phenoxy) is 3. The smallest absolute Gasteiger partial charge is 0.267 e. The predicted molar refractivity (Wildman–Crippen MR) is 129 cm³/mol. The van der Waals surface area contributed by atoms with Crippen LogP contribution in [0.5, 0.6) is 11.5 Å². The molecule has 0 aliphatic carbocycles. The highest BCUT2D eigenvalue weighted by Crippen LogP contribution is 2.37. The molecule has 2 aromatic carbocycles. The van der Waals surface area contributed by atoms with Crippen LogP contribution in [0.3, 0.4) is 0 Å². The van der Waals surface area contributed by atoms with E-state index in [0.29, 0.717) is 18.2 Å². The van der Waals surface area contributed by atoms with Gasteiger partial charge in [0.1, 0.15) is 11.5 Å². The topological polar surface area (TPSA) is 132 Å². The average Bonchev–Trinajstić information content (AvgIpc) is 2.83. The number of carbonyl (C=O) groups is 1. The summed E-state index contributed by atoms with van der Waals surface area (Å²) in [6.07, 6.45) is -0.205. The molecule has 1 unspecified atom stereocenters. The zero-order chi connectivity index (χ0) is 25.4. The van der Waals surface area contributed by atoms with Crippen LogP contribution in [0.4, 0.5) is 11.4 Å². The fraction of sp³-hybridized carbons (Fsp3) is 0.381. The highest BCUT2D eigenvalue weighted by atomic mass is 35.5. The van der Waals surface area contributed by atoms with Gasteiger partial charge in [-0.3, -0.25) is 9.10 Å². The standard InChI is InChI=1S/C21H24ClN3O8S2/c1-31-18-6-4-15(35(29,30)24-7-9-32-10-8-24)12-16(18)23-21(26)20-13-25(34(2,27)28)17-11-14(22)3-5-19(17)33-20/h3-6,11-12,20H,7-10,13H2,1-2H3,(H,23,26). The Kier molecular flexibility index (Phi) is 7.16. The number of sulfonamides is 2. The number of benzene rings is 2. The molecule has 35 heavy (non-hydrogen) atoms. The summed E-state index contributed by atoms with van der Waals surface area (Å²) in [5.74, 6) is -0.289. The summed E-state index contributed by atoms with van der Waals surface area (Å²) in [6, 6.07) is 8.56. The molecule has 0 aromatic heterocycles. The molecule has 0 radical (unpaired) electrons. The lowest BCUT2D eigenvalue weighted by atomic mass is 10.2. The Morgan fingerprint density at radius 3 is 2.49 bits per heavy atom. The molecule has 1 fully saturated rings. The van der Waals surface area contributed by atoms with Crippen molar-refractivity contribution in [3.05, 3.63) is 41.4 Å². The van der Waals surface area contributed by atoms with Crippen molar-refractivity contribution in [2.75, 3.05) is 55.8 Å². The Labute approximate surface area is 208 Å². The van der Waals surface area contributed by atoms with Crippen molar-refractivity contribution in [1.82, 2.24) is 4.31 Å². The van der Waals surface area contributed by atoms with E-state index in [9.17, 15) is 21.6 Å². The van der Waals surface area contributed by atoms with E-state index < -0.39 is 32.1 Å². The first-order valence-electron chi connectivity index (χ1n) is 10.5. The SMILES string of the molecule is COc1ccc(S(=O)(=O)N2CCOCC2)cc1NC(=O)C1CN(S(C)(=O)=O)c2cc(Cl)ccc2O1. The lowest BCUT2D eigenvalue weighted by Crippen LogP contribution is -2.48. The third kappa shape index (κ3) is 5.33. The van der Waals surface area contributed by atoms with Crippen molar-refractivity contribution in [2.24, 2.45) is 0 Å². The third-order valence-electron chi connectivity index (χ3n) is 5.52. The highest BCUT2D eigenvalue weighted by Gasteiger charge is 2.36. The normalized spacial score (nSPS) is 18.9. The number of amides is 1. The highest BCUT2D eigenvalue weighted by molar-refractivity contribution is 7.92. The molecule has 1 saturated heterocycles. The molecular formula is C21H24ClN3O8S2. The van der Waals surface area contributed by atoms with Crippen LogP contribution in [-0.4, -0.2) is 79.4 Å². The molecule has 190 valence electrons. The zero-order valence-electron chi connectivity index (χ0n) is 18.9. The zero-order valence-corrected chi connectivity index (χ0v) is 21.3. The number of fused-ring (bicyclic) bond motifs is 1. The van der Waals surface area contributed by atoms with Crippen LogP contribution in [-0.2, 0) is 29.6 Å². The Morgan fingerprint density at radius 1 is 1.11 bits per heavy atom. The van der Waals surface area contributed by atoms with Gasteiger partial charge >= 0.3 is 0 Å². The Morgan fingerprint density at radius 2 is 1.83 bits per heavy atom. The van der Waals surface area contributed by atoms with Gasteiger partial charge in [-0.2, -0.15) is 4.31 Å². The van der Waals surface area contributed by atoms with Crippen molar-refractivity contribution >= 4 is 48.9 Å². The first kappa shape index (κ1) is 25.5. The molecule has 4 rings (SSSR count). The summed E-state index contributed by atoms with van der Waals surface area (Å²) in [7, 11) is -6.20. The summed E-state index contributed by atoms with van der Waals surface area (Å²) in [5, 5.41) is 2.93. The van der Waals surface area contributed by atoms with Crippen LogP contribution in [0, 0.1) is 0 Å². The molecule has 2 aliphatic rings. The first-order valence-corrected chi connectivity index (χ1v) is 14.2. The van der Waals surface area contributed by atoms with E-state index in [1.165, 1.54) is 47.8 Å². The van der Waals surface area contributed by atoms with Crippen LogP contribution in [0.15, 0.2) is 41.3 Å². The van der Waals surface area contributed by atoms with Crippen LogP contribution in [0.1, 0.15) is 0 Å². The molecule has 1 atom stereocenters. The Bertz CT molecular complexity index is 1340. The van der Waals surface area contributed by atoms with Gasteiger partial charge in [0.25, 0.3) is 5.91 Å². The van der Waals surface area contributed by atoms with Crippen molar-refractivity contribution in [3.63, 3.8) is 0 Å². The van der Waals surface area contributed by atoms with Gasteiger partial charge in [-0.15, -0.1) is 0 Å². The van der Waals surface area contributed by atoms with E-state index in [1.807, 2.05) is 0 Å². The fourth-order valence-corrected chi connectivity index (χ4v) is 6.28. The van der Waals surface area contributed by atoms with Crippen LogP contribution < -0.4 is 19.1 Å². The van der Waals surface area contributed by atoms with E-state index in [2.05, 4.69) is 5.32 Å². The molecule has 2 heterocycles. The number of nitrogens with one attached hydrogen (secondary N) is 1. The predicted octanol–water partition coefficient (Wildman–Crippen LogP) is 1.54. The van der Waals surface area contributed by atoms with E-state index in [1.54, 1.807) is 0 Å².